The third kappa shape index (κ3) is 4.40. The van der Waals surface area contributed by atoms with E-state index in [0.29, 0.717) is 39.0 Å². The van der Waals surface area contributed by atoms with Gasteiger partial charge in [-0.2, -0.15) is 0 Å². The SMILES string of the molecule is CN1C(=O)Cc2cc(CC(=O)N3CCN(C(=O)NC(C)(C)C)CC3)ccc21. The Hall–Kier alpha value is -2.57. The standard InChI is InChI=1S/C20H28N4O3/c1-20(2,3)21-19(27)24-9-7-23(8-10-24)18(26)12-14-5-6-16-15(11-14)13-17(25)22(16)4/h5-6,11H,7-10,12-13H2,1-4H3,(H,21,27). The summed E-state index contributed by atoms with van der Waals surface area (Å²) in [4.78, 5) is 41.9. The molecule has 27 heavy (non-hydrogen) atoms. The topological polar surface area (TPSA) is 73.0 Å². The summed E-state index contributed by atoms with van der Waals surface area (Å²) in [7, 11) is 1.77. The van der Waals surface area contributed by atoms with Gasteiger partial charge in [-0.25, -0.2) is 4.79 Å². The molecule has 0 aliphatic carbocycles. The van der Waals surface area contributed by atoms with Crippen molar-refractivity contribution in [1.82, 2.24) is 15.1 Å². The van der Waals surface area contributed by atoms with Crippen LogP contribution in [0.1, 0.15) is 31.9 Å². The number of carbonyl (C=O) groups excluding carboxylic acids is 3. The van der Waals surface area contributed by atoms with E-state index in [0.717, 1.165) is 16.8 Å². The Morgan fingerprint density at radius 1 is 1.07 bits per heavy atom. The van der Waals surface area contributed by atoms with Crippen molar-refractivity contribution < 1.29 is 14.4 Å². The molecule has 1 aromatic carbocycles. The molecule has 0 unspecified atom stereocenters. The minimum absolute atomic E-state index is 0.0588. The number of nitrogens with one attached hydrogen (secondary N) is 1. The number of piperazine rings is 1. The number of fused-ring (bicyclic) bond motifs is 1. The summed E-state index contributed by atoms with van der Waals surface area (Å²) >= 11 is 0. The molecule has 1 N–H and O–H groups in total. The van der Waals surface area contributed by atoms with Gasteiger partial charge in [-0.05, 0) is 38.0 Å². The minimum atomic E-state index is -0.271. The van der Waals surface area contributed by atoms with Crippen molar-refractivity contribution in [1.29, 1.82) is 0 Å². The van der Waals surface area contributed by atoms with Crippen molar-refractivity contribution in [2.75, 3.05) is 38.1 Å². The maximum atomic E-state index is 12.6. The zero-order valence-corrected chi connectivity index (χ0v) is 16.5. The first-order chi connectivity index (χ1) is 12.6. The third-order valence-corrected chi connectivity index (χ3v) is 4.98. The summed E-state index contributed by atoms with van der Waals surface area (Å²) in [5.74, 6) is 0.140. The average Bonchev–Trinajstić information content (AvgIpc) is 2.87. The van der Waals surface area contributed by atoms with Crippen LogP contribution in [0.2, 0.25) is 0 Å². The molecule has 2 aliphatic heterocycles. The number of amides is 4. The molecule has 0 atom stereocenters. The fourth-order valence-electron chi connectivity index (χ4n) is 3.48. The maximum absolute atomic E-state index is 12.6. The number of carbonyl (C=O) groups is 3. The summed E-state index contributed by atoms with van der Waals surface area (Å²) < 4.78 is 0. The summed E-state index contributed by atoms with van der Waals surface area (Å²) in [5.41, 5.74) is 2.56. The predicted octanol–water partition coefficient (Wildman–Crippen LogP) is 1.40. The van der Waals surface area contributed by atoms with Gasteiger partial charge in [0.2, 0.25) is 11.8 Å². The van der Waals surface area contributed by atoms with Crippen molar-refractivity contribution in [2.45, 2.75) is 39.2 Å². The Kier molecular flexibility index (Phi) is 5.13. The van der Waals surface area contributed by atoms with Gasteiger partial charge >= 0.3 is 6.03 Å². The quantitative estimate of drug-likeness (QED) is 0.853. The summed E-state index contributed by atoms with van der Waals surface area (Å²) in [5, 5.41) is 2.96. The summed E-state index contributed by atoms with van der Waals surface area (Å²) in [6.07, 6.45) is 0.717. The zero-order valence-electron chi connectivity index (χ0n) is 16.5. The average molecular weight is 372 g/mol. The monoisotopic (exact) mass is 372 g/mol. The molecule has 0 spiro atoms. The molecule has 0 saturated carbocycles. The van der Waals surface area contributed by atoms with Crippen LogP contribution < -0.4 is 10.2 Å². The molecule has 146 valence electrons. The number of rotatable bonds is 2. The molecule has 3 rings (SSSR count). The lowest BCUT2D eigenvalue weighted by molar-refractivity contribution is -0.131. The first-order valence-corrected chi connectivity index (χ1v) is 9.37. The lowest BCUT2D eigenvalue weighted by atomic mass is 10.1. The zero-order chi connectivity index (χ0) is 19.8. The molecule has 7 nitrogen and oxygen atoms in total. The van der Waals surface area contributed by atoms with Crippen LogP contribution in [0.3, 0.4) is 0 Å². The van der Waals surface area contributed by atoms with Gasteiger partial charge in [0.05, 0.1) is 12.8 Å². The maximum Gasteiger partial charge on any atom is 0.317 e. The van der Waals surface area contributed by atoms with Crippen LogP contribution in [-0.2, 0) is 22.4 Å². The van der Waals surface area contributed by atoms with Crippen LogP contribution in [0, 0.1) is 0 Å². The smallest absolute Gasteiger partial charge is 0.317 e. The van der Waals surface area contributed by atoms with Crippen molar-refractivity contribution in [2.24, 2.45) is 0 Å². The number of urea groups is 1. The number of hydrogen-bond acceptors (Lipinski definition) is 3. The van der Waals surface area contributed by atoms with Gasteiger partial charge in [-0.1, -0.05) is 12.1 Å². The van der Waals surface area contributed by atoms with E-state index in [4.69, 9.17) is 0 Å². The molecule has 1 fully saturated rings. The lowest BCUT2D eigenvalue weighted by Crippen LogP contribution is -2.56. The second-order valence-corrected chi connectivity index (χ2v) is 8.32. The van der Waals surface area contributed by atoms with Crippen molar-refractivity contribution in [3.05, 3.63) is 29.3 Å². The molecule has 0 aromatic heterocycles. The van der Waals surface area contributed by atoms with Gasteiger partial charge < -0.3 is 20.0 Å². The van der Waals surface area contributed by atoms with E-state index in [1.54, 1.807) is 16.8 Å². The number of nitrogens with zero attached hydrogens (tertiary/aromatic N) is 3. The Labute approximate surface area is 160 Å². The van der Waals surface area contributed by atoms with Gasteiger partial charge in [-0.3, -0.25) is 9.59 Å². The molecular formula is C20H28N4O3. The normalized spacial score (nSPS) is 17.2. The van der Waals surface area contributed by atoms with E-state index in [9.17, 15) is 14.4 Å². The largest absolute Gasteiger partial charge is 0.339 e. The van der Waals surface area contributed by atoms with Gasteiger partial charge in [0.1, 0.15) is 0 Å². The van der Waals surface area contributed by atoms with Crippen molar-refractivity contribution in [3.63, 3.8) is 0 Å². The van der Waals surface area contributed by atoms with Gasteiger partial charge in [0, 0.05) is 44.5 Å². The number of hydrogen-bond donors (Lipinski definition) is 1. The van der Waals surface area contributed by atoms with E-state index in [-0.39, 0.29) is 23.4 Å². The van der Waals surface area contributed by atoms with Crippen LogP contribution in [0.5, 0.6) is 0 Å². The number of likely N-dealkylation sites (N-methyl/N-ethyl adjacent to an activating group) is 1. The van der Waals surface area contributed by atoms with Gasteiger partial charge in [0.15, 0.2) is 0 Å². The second kappa shape index (κ2) is 7.21. The van der Waals surface area contributed by atoms with Crippen LogP contribution >= 0.6 is 0 Å². The first kappa shape index (κ1) is 19.2. The van der Waals surface area contributed by atoms with E-state index in [1.807, 2.05) is 43.9 Å². The fourth-order valence-corrected chi connectivity index (χ4v) is 3.48. The van der Waals surface area contributed by atoms with E-state index < -0.39 is 0 Å². The molecular weight excluding hydrogens is 344 g/mol. The molecule has 1 aromatic rings. The Morgan fingerprint density at radius 2 is 1.70 bits per heavy atom. The highest BCUT2D eigenvalue weighted by Crippen LogP contribution is 2.28. The van der Waals surface area contributed by atoms with E-state index >= 15 is 0 Å². The molecule has 4 amide bonds. The fraction of sp³-hybridized carbons (Fsp3) is 0.550. The Morgan fingerprint density at radius 3 is 2.33 bits per heavy atom. The summed E-state index contributed by atoms with van der Waals surface area (Å²) in [6, 6.07) is 5.71. The molecule has 1 saturated heterocycles. The van der Waals surface area contributed by atoms with Crippen molar-refractivity contribution in [3.8, 4) is 0 Å². The van der Waals surface area contributed by atoms with Crippen LogP contribution in [0.25, 0.3) is 0 Å². The van der Waals surface area contributed by atoms with Gasteiger partial charge in [-0.15, -0.1) is 0 Å². The van der Waals surface area contributed by atoms with Gasteiger partial charge in [0.25, 0.3) is 0 Å². The van der Waals surface area contributed by atoms with Crippen molar-refractivity contribution >= 4 is 23.5 Å². The molecule has 0 radical (unpaired) electrons. The third-order valence-electron chi connectivity index (χ3n) is 4.98. The second-order valence-electron chi connectivity index (χ2n) is 8.32. The highest BCUT2D eigenvalue weighted by atomic mass is 16.2. The highest BCUT2D eigenvalue weighted by molar-refractivity contribution is 6.01. The molecule has 7 heteroatoms. The lowest BCUT2D eigenvalue weighted by Gasteiger charge is -2.36. The number of anilines is 1. The molecule has 2 heterocycles. The summed E-state index contributed by atoms with van der Waals surface area (Å²) in [6.45, 7) is 8.02. The minimum Gasteiger partial charge on any atom is -0.339 e. The van der Waals surface area contributed by atoms with Crippen LogP contribution in [-0.4, -0.2) is 66.4 Å². The molecule has 2 aliphatic rings. The highest BCUT2D eigenvalue weighted by Gasteiger charge is 2.27. The predicted molar refractivity (Wildman–Crippen MR) is 104 cm³/mol. The Bertz CT molecular complexity index is 761. The Balaban J connectivity index is 1.54. The van der Waals surface area contributed by atoms with Crippen LogP contribution in [0.15, 0.2) is 18.2 Å². The van der Waals surface area contributed by atoms with E-state index in [1.165, 1.54) is 0 Å². The van der Waals surface area contributed by atoms with Crippen LogP contribution in [0.4, 0.5) is 10.5 Å². The number of benzene rings is 1. The first-order valence-electron chi connectivity index (χ1n) is 9.37. The molecule has 0 bridgehead atoms. The van der Waals surface area contributed by atoms with E-state index in [2.05, 4.69) is 5.32 Å².